The number of carbonyl (C=O) groups is 1. The summed E-state index contributed by atoms with van der Waals surface area (Å²) >= 11 is 0.820. The van der Waals surface area contributed by atoms with E-state index in [1.807, 2.05) is 0 Å². The first-order valence-corrected chi connectivity index (χ1v) is 9.82. The van der Waals surface area contributed by atoms with Crippen molar-refractivity contribution in [2.75, 3.05) is 18.1 Å². The second-order valence-electron chi connectivity index (χ2n) is 4.54. The molecule has 1 fully saturated rings. The maximum atomic E-state index is 12.4. The molecule has 1 aliphatic rings. The van der Waals surface area contributed by atoms with Crippen LogP contribution < -0.4 is 0 Å². The molecule has 1 aliphatic heterocycles. The van der Waals surface area contributed by atoms with Gasteiger partial charge < -0.3 is 5.11 Å². The fourth-order valence-electron chi connectivity index (χ4n) is 2.02. The van der Waals surface area contributed by atoms with Gasteiger partial charge in [0.2, 0.25) is 0 Å². The van der Waals surface area contributed by atoms with Gasteiger partial charge in [-0.25, -0.2) is 21.6 Å². The predicted molar refractivity (Wildman–Crippen MR) is 73.3 cm³/mol. The molecular weight excluding hydrogens is 326 g/mol. The molecular formula is C10H13NO6S3. The van der Waals surface area contributed by atoms with E-state index in [1.54, 1.807) is 0 Å². The topological polar surface area (TPSA) is 109 Å². The van der Waals surface area contributed by atoms with Gasteiger partial charge in [-0.15, -0.1) is 11.3 Å². The van der Waals surface area contributed by atoms with Gasteiger partial charge in [0.25, 0.3) is 10.0 Å². The first kappa shape index (κ1) is 15.4. The highest BCUT2D eigenvalue weighted by molar-refractivity contribution is 7.92. The molecule has 1 aromatic heterocycles. The van der Waals surface area contributed by atoms with Crippen LogP contribution in [0.2, 0.25) is 0 Å². The zero-order valence-corrected chi connectivity index (χ0v) is 13.0. The molecule has 0 aliphatic carbocycles. The maximum Gasteiger partial charge on any atom is 0.336 e. The van der Waals surface area contributed by atoms with Gasteiger partial charge >= 0.3 is 5.97 Å². The van der Waals surface area contributed by atoms with Crippen LogP contribution in [0.15, 0.2) is 15.7 Å². The summed E-state index contributed by atoms with van der Waals surface area (Å²) in [7, 11) is -7.06. The minimum Gasteiger partial charge on any atom is -0.478 e. The van der Waals surface area contributed by atoms with Crippen LogP contribution in [-0.2, 0) is 19.9 Å². The van der Waals surface area contributed by atoms with Crippen molar-refractivity contribution in [1.82, 2.24) is 4.31 Å². The molecule has 0 saturated carbocycles. The van der Waals surface area contributed by atoms with Crippen molar-refractivity contribution in [3.05, 3.63) is 17.0 Å². The van der Waals surface area contributed by atoms with Gasteiger partial charge in [-0.05, 0) is 13.0 Å². The van der Waals surface area contributed by atoms with Crippen molar-refractivity contribution in [3.8, 4) is 0 Å². The summed E-state index contributed by atoms with van der Waals surface area (Å²) in [5.74, 6) is -1.63. The van der Waals surface area contributed by atoms with Gasteiger partial charge in [0.05, 0.1) is 17.1 Å². The number of hydrogen-bond donors (Lipinski definition) is 1. The minimum absolute atomic E-state index is 0.0824. The standard InChI is InChI=1S/C10H13NO6S3/c1-7-6-19(14,15)3-2-11(7)20(16,17)9-4-8(5-18-9)10(12)13/h4-5,7H,2-3,6H2,1H3,(H,12,13). The van der Waals surface area contributed by atoms with Crippen molar-refractivity contribution in [3.63, 3.8) is 0 Å². The van der Waals surface area contributed by atoms with Crippen LogP contribution in [0.25, 0.3) is 0 Å². The molecule has 0 bridgehead atoms. The molecule has 0 radical (unpaired) electrons. The van der Waals surface area contributed by atoms with Gasteiger partial charge in [0.1, 0.15) is 4.21 Å². The lowest BCUT2D eigenvalue weighted by Crippen LogP contribution is -2.49. The van der Waals surface area contributed by atoms with E-state index in [2.05, 4.69) is 0 Å². The van der Waals surface area contributed by atoms with Crippen LogP contribution in [0.4, 0.5) is 0 Å². The van der Waals surface area contributed by atoms with Crippen molar-refractivity contribution in [2.24, 2.45) is 0 Å². The fraction of sp³-hybridized carbons (Fsp3) is 0.500. The lowest BCUT2D eigenvalue weighted by molar-refractivity contribution is 0.0697. The summed E-state index contributed by atoms with van der Waals surface area (Å²) in [6.07, 6.45) is 0. The number of sulfonamides is 1. The molecule has 20 heavy (non-hydrogen) atoms. The van der Waals surface area contributed by atoms with E-state index in [4.69, 9.17) is 5.11 Å². The normalized spacial score (nSPS) is 23.6. The number of aromatic carboxylic acids is 1. The molecule has 1 aromatic rings. The molecule has 1 saturated heterocycles. The highest BCUT2D eigenvalue weighted by Gasteiger charge is 2.37. The monoisotopic (exact) mass is 339 g/mol. The number of rotatable bonds is 3. The Morgan fingerprint density at radius 1 is 1.50 bits per heavy atom. The van der Waals surface area contributed by atoms with E-state index in [-0.39, 0.29) is 27.8 Å². The Bertz CT molecular complexity index is 733. The van der Waals surface area contributed by atoms with E-state index in [1.165, 1.54) is 12.3 Å². The lowest BCUT2D eigenvalue weighted by atomic mass is 10.4. The number of nitrogens with zero attached hydrogens (tertiary/aromatic N) is 1. The Labute approximate surface area is 120 Å². The predicted octanol–water partition coefficient (Wildman–Crippen LogP) is 0.254. The summed E-state index contributed by atoms with van der Waals surface area (Å²) in [5.41, 5.74) is -0.0918. The second kappa shape index (κ2) is 5.10. The highest BCUT2D eigenvalue weighted by atomic mass is 32.2. The van der Waals surface area contributed by atoms with Crippen molar-refractivity contribution in [2.45, 2.75) is 17.2 Å². The molecule has 112 valence electrons. The van der Waals surface area contributed by atoms with Gasteiger partial charge in [-0.2, -0.15) is 4.31 Å². The summed E-state index contributed by atoms with van der Waals surface area (Å²) in [6.45, 7) is 1.42. The Kier molecular flexibility index (Phi) is 3.93. The molecule has 2 rings (SSSR count). The molecule has 1 unspecified atom stereocenters. The van der Waals surface area contributed by atoms with E-state index >= 15 is 0 Å². The van der Waals surface area contributed by atoms with Crippen LogP contribution in [0.5, 0.6) is 0 Å². The third-order valence-electron chi connectivity index (χ3n) is 2.99. The zero-order chi connectivity index (χ0) is 15.1. The third kappa shape index (κ3) is 2.87. The highest BCUT2D eigenvalue weighted by Crippen LogP contribution is 2.27. The summed E-state index contributed by atoms with van der Waals surface area (Å²) in [6, 6.07) is 0.437. The van der Waals surface area contributed by atoms with Crippen LogP contribution in [0.1, 0.15) is 17.3 Å². The average molecular weight is 339 g/mol. The lowest BCUT2D eigenvalue weighted by Gasteiger charge is -2.31. The molecule has 7 nitrogen and oxygen atoms in total. The largest absolute Gasteiger partial charge is 0.478 e. The SMILES string of the molecule is CC1CS(=O)(=O)CCN1S(=O)(=O)c1cc(C(=O)O)cs1. The third-order valence-corrected chi connectivity index (χ3v) is 8.22. The van der Waals surface area contributed by atoms with Crippen molar-refractivity contribution >= 4 is 37.2 Å². The van der Waals surface area contributed by atoms with Crippen LogP contribution in [0.3, 0.4) is 0 Å². The smallest absolute Gasteiger partial charge is 0.336 e. The van der Waals surface area contributed by atoms with E-state index in [9.17, 15) is 21.6 Å². The average Bonchev–Trinajstić information content (AvgIpc) is 2.76. The van der Waals surface area contributed by atoms with Gasteiger partial charge in [-0.3, -0.25) is 0 Å². The first-order chi connectivity index (χ1) is 9.13. The van der Waals surface area contributed by atoms with Crippen molar-refractivity contribution in [1.29, 1.82) is 0 Å². The Morgan fingerprint density at radius 3 is 2.65 bits per heavy atom. The molecule has 0 spiro atoms. The molecule has 1 atom stereocenters. The molecule has 0 amide bonds. The van der Waals surface area contributed by atoms with Gasteiger partial charge in [0, 0.05) is 18.0 Å². The molecule has 1 N–H and O–H groups in total. The van der Waals surface area contributed by atoms with Gasteiger partial charge in [0.15, 0.2) is 9.84 Å². The van der Waals surface area contributed by atoms with E-state index < -0.39 is 31.9 Å². The molecule has 0 aromatic carbocycles. The molecule has 10 heteroatoms. The number of carboxylic acid groups (broad SMARTS) is 1. The Morgan fingerprint density at radius 2 is 2.15 bits per heavy atom. The quantitative estimate of drug-likeness (QED) is 0.846. The van der Waals surface area contributed by atoms with E-state index in [0.717, 1.165) is 21.7 Å². The first-order valence-electron chi connectivity index (χ1n) is 5.67. The number of carboxylic acids is 1. The minimum atomic E-state index is -3.85. The number of thiophene rings is 1. The van der Waals surface area contributed by atoms with Crippen LogP contribution >= 0.6 is 11.3 Å². The number of hydrogen-bond acceptors (Lipinski definition) is 6. The molecule has 2 heterocycles. The second-order valence-corrected chi connectivity index (χ2v) is 9.80. The fourth-order valence-corrected chi connectivity index (χ4v) is 6.70. The zero-order valence-electron chi connectivity index (χ0n) is 10.5. The van der Waals surface area contributed by atoms with Crippen LogP contribution in [-0.4, -0.2) is 56.3 Å². The Hall–Kier alpha value is -0.970. The number of sulfone groups is 1. The van der Waals surface area contributed by atoms with Crippen molar-refractivity contribution < 1.29 is 26.7 Å². The summed E-state index contributed by atoms with van der Waals surface area (Å²) in [5, 5.41) is 10.1. The van der Waals surface area contributed by atoms with E-state index in [0.29, 0.717) is 0 Å². The summed E-state index contributed by atoms with van der Waals surface area (Å²) < 4.78 is 48.8. The Balaban J connectivity index is 2.33. The maximum absolute atomic E-state index is 12.4. The van der Waals surface area contributed by atoms with Gasteiger partial charge in [-0.1, -0.05) is 0 Å². The summed E-state index contributed by atoms with van der Waals surface area (Å²) in [4.78, 5) is 10.8. The van der Waals surface area contributed by atoms with Crippen LogP contribution in [0, 0.1) is 0 Å².